The van der Waals surface area contributed by atoms with Crippen LogP contribution in [0.15, 0.2) is 6.33 Å². The smallest absolute Gasteiger partial charge is 0.279 e. The number of aromatic amines is 1. The molecule has 6 nitrogen and oxygen atoms in total. The molecule has 5 rings (SSSR count). The topological polar surface area (TPSA) is 64.4 Å². The number of aryl methyl sites for hydroxylation is 1. The minimum absolute atomic E-state index is 0.810. The number of rotatable bonds is 6. The van der Waals surface area contributed by atoms with Crippen molar-refractivity contribution in [2.75, 3.05) is 43.1 Å². The van der Waals surface area contributed by atoms with E-state index in [1.807, 2.05) is 0 Å². The van der Waals surface area contributed by atoms with Crippen LogP contribution in [0.5, 0.6) is 0 Å². The summed E-state index contributed by atoms with van der Waals surface area (Å²) in [6.45, 7) is 6.75. The van der Waals surface area contributed by atoms with E-state index < -0.39 is 0 Å². The van der Waals surface area contributed by atoms with Gasteiger partial charge in [0.2, 0.25) is 0 Å². The number of hydrogen-bond acceptors (Lipinski definition) is 6. The van der Waals surface area contributed by atoms with E-state index in [4.69, 9.17) is 9.72 Å². The molecule has 3 aromatic rings. The van der Waals surface area contributed by atoms with E-state index >= 15 is 0 Å². The van der Waals surface area contributed by atoms with E-state index in [1.165, 1.54) is 64.0 Å². The summed E-state index contributed by atoms with van der Waals surface area (Å²) in [6, 6.07) is 0. The monoisotopic (exact) mass is 412 g/mol. The van der Waals surface area contributed by atoms with Gasteiger partial charge in [0.25, 0.3) is 5.82 Å². The van der Waals surface area contributed by atoms with Crippen molar-refractivity contribution in [3.05, 3.63) is 17.5 Å². The highest BCUT2D eigenvalue weighted by Gasteiger charge is 2.30. The van der Waals surface area contributed by atoms with Gasteiger partial charge in [-0.15, -0.1) is 0 Å². The third-order valence-electron chi connectivity index (χ3n) is 6.16. The molecule has 0 amide bonds. The Morgan fingerprint density at radius 3 is 2.79 bits per heavy atom. The van der Waals surface area contributed by atoms with Crippen LogP contribution in [-0.2, 0) is 17.6 Å². The van der Waals surface area contributed by atoms with Crippen LogP contribution in [0.3, 0.4) is 0 Å². The zero-order valence-electron chi connectivity index (χ0n) is 17.2. The van der Waals surface area contributed by atoms with Gasteiger partial charge in [-0.2, -0.15) is 0 Å². The molecule has 7 heteroatoms. The second-order valence-corrected chi connectivity index (χ2v) is 9.10. The molecule has 1 saturated heterocycles. The third-order valence-corrected chi connectivity index (χ3v) is 7.26. The van der Waals surface area contributed by atoms with Crippen LogP contribution >= 0.6 is 11.3 Å². The number of unbranched alkanes of at least 4 members (excludes halogenated alkanes) is 2. The summed E-state index contributed by atoms with van der Waals surface area (Å²) in [5.41, 5.74) is 4.12. The molecule has 1 aliphatic carbocycles. The summed E-state index contributed by atoms with van der Waals surface area (Å²) >= 11 is 1.80. The molecule has 3 aromatic heterocycles. The van der Waals surface area contributed by atoms with E-state index in [1.54, 1.807) is 17.7 Å². The van der Waals surface area contributed by atoms with Crippen LogP contribution in [0, 0.1) is 0 Å². The van der Waals surface area contributed by atoms with Crippen molar-refractivity contribution in [2.45, 2.75) is 51.9 Å². The maximum atomic E-state index is 5.59. The number of anilines is 2. The molecule has 0 unspecified atom stereocenters. The molecule has 0 atom stereocenters. The van der Waals surface area contributed by atoms with Gasteiger partial charge < -0.3 is 10.1 Å². The van der Waals surface area contributed by atoms with Crippen LogP contribution in [-0.4, -0.2) is 42.8 Å². The molecule has 0 radical (unpaired) electrons. The van der Waals surface area contributed by atoms with Crippen molar-refractivity contribution in [1.82, 2.24) is 9.97 Å². The molecule has 4 heterocycles. The van der Waals surface area contributed by atoms with Gasteiger partial charge in [-0.25, -0.2) is 15.0 Å². The lowest BCUT2D eigenvalue weighted by molar-refractivity contribution is -0.328. The molecule has 154 valence electrons. The van der Waals surface area contributed by atoms with E-state index in [9.17, 15) is 0 Å². The molecule has 0 aromatic carbocycles. The number of pyridine rings is 1. The summed E-state index contributed by atoms with van der Waals surface area (Å²) in [5.74, 6) is 2.30. The largest absolute Gasteiger partial charge is 0.373 e. The zero-order chi connectivity index (χ0) is 19.6. The van der Waals surface area contributed by atoms with Crippen molar-refractivity contribution in [3.63, 3.8) is 0 Å². The second-order valence-electron chi connectivity index (χ2n) is 8.08. The molecule has 0 saturated carbocycles. The number of hydrogen-bond donors (Lipinski definition) is 1. The normalized spacial score (nSPS) is 17.1. The van der Waals surface area contributed by atoms with Gasteiger partial charge in [-0.3, -0.25) is 4.90 Å². The van der Waals surface area contributed by atoms with Gasteiger partial charge in [0.1, 0.15) is 29.9 Å². The van der Waals surface area contributed by atoms with Crippen LogP contribution in [0.1, 0.15) is 50.2 Å². The number of fused-ring (bicyclic) bond motifs is 5. The van der Waals surface area contributed by atoms with E-state index in [-0.39, 0.29) is 0 Å². The van der Waals surface area contributed by atoms with Crippen molar-refractivity contribution in [3.8, 4) is 0 Å². The quantitative estimate of drug-likeness (QED) is 0.621. The predicted octanol–water partition coefficient (Wildman–Crippen LogP) is 3.98. The fraction of sp³-hybridized carbons (Fsp3) is 0.591. The summed E-state index contributed by atoms with van der Waals surface area (Å²) in [6.07, 6.45) is 10.2. The van der Waals surface area contributed by atoms with Gasteiger partial charge >= 0.3 is 0 Å². The van der Waals surface area contributed by atoms with E-state index in [0.717, 1.165) is 57.0 Å². The first kappa shape index (κ1) is 19.0. The van der Waals surface area contributed by atoms with Crippen LogP contribution in [0.25, 0.3) is 20.4 Å². The molecular weight excluding hydrogens is 382 g/mol. The number of H-pyrrole nitrogens is 1. The lowest BCUT2D eigenvalue weighted by atomic mass is 9.90. The maximum Gasteiger partial charge on any atom is 0.279 e. The van der Waals surface area contributed by atoms with Crippen LogP contribution in [0.2, 0.25) is 0 Å². The first-order valence-electron chi connectivity index (χ1n) is 11.1. The third kappa shape index (κ3) is 3.55. The Hall–Kier alpha value is -1.99. The molecule has 29 heavy (non-hydrogen) atoms. The highest BCUT2D eigenvalue weighted by Crippen LogP contribution is 2.40. The van der Waals surface area contributed by atoms with Gasteiger partial charge in [0.15, 0.2) is 4.83 Å². The standard InChI is InChI=1S/C22H29N5OS/c1-2-3-6-9-23-20-19-18(24-14-25-20)17-15-7-4-5-8-16(15)21(26-22(17)29-19)27-10-12-28-13-11-27/h14H,2-13H2,1H3,(H,23,24,25)/p+1. The number of thiophene rings is 1. The number of ether oxygens (including phenoxy) is 1. The summed E-state index contributed by atoms with van der Waals surface area (Å²) < 4.78 is 6.77. The van der Waals surface area contributed by atoms with E-state index in [2.05, 4.69) is 27.1 Å². The van der Waals surface area contributed by atoms with Crippen molar-refractivity contribution in [2.24, 2.45) is 0 Å². The van der Waals surface area contributed by atoms with Gasteiger partial charge in [-0.05, 0) is 37.7 Å². The SMILES string of the molecule is CCCCCNc1ncnc2c1sc1[nH+]c(N3CCOCC3)c3c(c12)CCCC3. The van der Waals surface area contributed by atoms with Gasteiger partial charge in [0.05, 0.1) is 24.1 Å². The fourth-order valence-corrected chi connectivity index (χ4v) is 5.81. The molecular formula is C22H30N5OS+. The number of nitrogens with zero attached hydrogens (tertiary/aromatic N) is 3. The molecule has 1 fully saturated rings. The molecule has 2 N–H and O–H groups in total. The Morgan fingerprint density at radius 1 is 1.14 bits per heavy atom. The second kappa shape index (κ2) is 8.40. The summed E-state index contributed by atoms with van der Waals surface area (Å²) in [4.78, 5) is 16.8. The first-order chi connectivity index (χ1) is 14.4. The molecule has 0 spiro atoms. The number of morpholine rings is 1. The Bertz CT molecular complexity index is 1010. The predicted molar refractivity (Wildman–Crippen MR) is 119 cm³/mol. The van der Waals surface area contributed by atoms with E-state index in [0.29, 0.717) is 0 Å². The van der Waals surface area contributed by atoms with Crippen LogP contribution < -0.4 is 15.2 Å². The Balaban J connectivity index is 1.62. The van der Waals surface area contributed by atoms with Crippen LogP contribution in [0.4, 0.5) is 11.6 Å². The highest BCUT2D eigenvalue weighted by molar-refractivity contribution is 7.25. The average Bonchev–Trinajstić information content (AvgIpc) is 3.16. The molecule has 1 aliphatic heterocycles. The number of aromatic nitrogens is 3. The fourth-order valence-electron chi connectivity index (χ4n) is 4.67. The zero-order valence-corrected chi connectivity index (χ0v) is 18.0. The first-order valence-corrected chi connectivity index (χ1v) is 11.9. The van der Waals surface area contributed by atoms with Crippen molar-refractivity contribution in [1.29, 1.82) is 0 Å². The minimum Gasteiger partial charge on any atom is -0.373 e. The Morgan fingerprint density at radius 2 is 1.97 bits per heavy atom. The van der Waals surface area contributed by atoms with Gasteiger partial charge in [-0.1, -0.05) is 31.1 Å². The summed E-state index contributed by atoms with van der Waals surface area (Å²) in [7, 11) is 0. The average molecular weight is 413 g/mol. The minimum atomic E-state index is 0.810. The summed E-state index contributed by atoms with van der Waals surface area (Å²) in [5, 5.41) is 4.89. The highest BCUT2D eigenvalue weighted by atomic mass is 32.1. The van der Waals surface area contributed by atoms with Gasteiger partial charge in [0, 0.05) is 12.1 Å². The lowest BCUT2D eigenvalue weighted by Crippen LogP contribution is -2.40. The molecule has 0 bridgehead atoms. The maximum absolute atomic E-state index is 5.59. The Labute approximate surface area is 175 Å². The molecule has 2 aliphatic rings. The lowest BCUT2D eigenvalue weighted by Gasteiger charge is -2.25. The Kier molecular flexibility index (Phi) is 5.50. The van der Waals surface area contributed by atoms with Crippen molar-refractivity contribution >= 4 is 43.4 Å². The van der Waals surface area contributed by atoms with Crippen molar-refractivity contribution < 1.29 is 9.72 Å². The number of nitrogens with one attached hydrogen (secondary N) is 2.